The van der Waals surface area contributed by atoms with Crippen LogP contribution in [0.2, 0.25) is 0 Å². The van der Waals surface area contributed by atoms with Gasteiger partial charge in [-0.2, -0.15) is 0 Å². The molecule has 2 heterocycles. The number of aromatic nitrogens is 1. The predicted octanol–water partition coefficient (Wildman–Crippen LogP) is 4.29. The Morgan fingerprint density at radius 3 is 2.32 bits per heavy atom. The summed E-state index contributed by atoms with van der Waals surface area (Å²) in [7, 11) is 0. The zero-order valence-electron chi connectivity index (χ0n) is 16.2. The molecule has 0 saturated heterocycles. The monoisotopic (exact) mass is 377 g/mol. The molecule has 0 unspecified atom stereocenters. The highest BCUT2D eigenvalue weighted by molar-refractivity contribution is 6.04. The molecule has 2 N–H and O–H groups in total. The van der Waals surface area contributed by atoms with Crippen molar-refractivity contribution in [3.8, 4) is 0 Å². The summed E-state index contributed by atoms with van der Waals surface area (Å²) in [6.45, 7) is 6.20. The second kappa shape index (κ2) is 8.52. The van der Waals surface area contributed by atoms with Crippen molar-refractivity contribution in [2.24, 2.45) is 0 Å². The smallest absolute Gasteiger partial charge is 0.255 e. The summed E-state index contributed by atoms with van der Waals surface area (Å²) >= 11 is 0. The van der Waals surface area contributed by atoms with Gasteiger partial charge in [-0.1, -0.05) is 26.0 Å². The van der Waals surface area contributed by atoms with Crippen molar-refractivity contribution in [3.63, 3.8) is 0 Å². The Hall–Kier alpha value is -3.41. The fraction of sp³-hybridized carbons (Fsp3) is 0.227. The molecule has 3 rings (SSSR count). The molecule has 2 aromatic heterocycles. The number of rotatable bonds is 6. The van der Waals surface area contributed by atoms with Gasteiger partial charge in [0.2, 0.25) is 0 Å². The summed E-state index contributed by atoms with van der Waals surface area (Å²) < 4.78 is 5.63. The van der Waals surface area contributed by atoms with Gasteiger partial charge < -0.3 is 15.1 Å². The predicted molar refractivity (Wildman–Crippen MR) is 107 cm³/mol. The van der Waals surface area contributed by atoms with Crippen molar-refractivity contribution in [1.82, 2.24) is 10.3 Å². The van der Waals surface area contributed by atoms with Crippen LogP contribution in [0.25, 0.3) is 0 Å². The van der Waals surface area contributed by atoms with Crippen molar-refractivity contribution in [1.29, 1.82) is 0 Å². The number of hydrogen-bond acceptors (Lipinski definition) is 4. The summed E-state index contributed by atoms with van der Waals surface area (Å²) in [4.78, 5) is 28.6. The van der Waals surface area contributed by atoms with E-state index in [0.29, 0.717) is 29.1 Å². The molecule has 0 bridgehead atoms. The molecule has 6 heteroatoms. The maximum absolute atomic E-state index is 12.4. The lowest BCUT2D eigenvalue weighted by Gasteiger charge is -2.07. The Labute approximate surface area is 164 Å². The van der Waals surface area contributed by atoms with Gasteiger partial charge in [0.25, 0.3) is 11.8 Å². The van der Waals surface area contributed by atoms with Crippen LogP contribution >= 0.6 is 0 Å². The maximum Gasteiger partial charge on any atom is 0.255 e. The normalized spacial score (nSPS) is 10.7. The van der Waals surface area contributed by atoms with E-state index in [1.54, 1.807) is 49.6 Å². The van der Waals surface area contributed by atoms with Crippen molar-refractivity contribution in [3.05, 3.63) is 83.1 Å². The van der Waals surface area contributed by atoms with Crippen molar-refractivity contribution >= 4 is 17.5 Å². The Balaban J connectivity index is 1.58. The topological polar surface area (TPSA) is 84.2 Å². The van der Waals surface area contributed by atoms with E-state index in [9.17, 15) is 9.59 Å². The summed E-state index contributed by atoms with van der Waals surface area (Å²) in [5, 5.41) is 5.70. The lowest BCUT2D eigenvalue weighted by molar-refractivity contribution is 0.0948. The fourth-order valence-corrected chi connectivity index (χ4v) is 2.71. The molecule has 0 fully saturated rings. The van der Waals surface area contributed by atoms with Crippen LogP contribution in [0.1, 0.15) is 57.6 Å². The molecule has 28 heavy (non-hydrogen) atoms. The molecule has 0 aliphatic carbocycles. The van der Waals surface area contributed by atoms with E-state index in [1.807, 2.05) is 26.0 Å². The van der Waals surface area contributed by atoms with Crippen LogP contribution in [0, 0.1) is 6.92 Å². The number of nitrogens with one attached hydrogen (secondary N) is 2. The first-order valence-corrected chi connectivity index (χ1v) is 9.13. The first-order chi connectivity index (χ1) is 13.4. The first-order valence-electron chi connectivity index (χ1n) is 9.13. The van der Waals surface area contributed by atoms with E-state index < -0.39 is 0 Å². The van der Waals surface area contributed by atoms with Crippen LogP contribution in [0.5, 0.6) is 0 Å². The average Bonchev–Trinajstić information content (AvgIpc) is 3.09. The number of hydrogen-bond donors (Lipinski definition) is 2. The Morgan fingerprint density at radius 2 is 1.71 bits per heavy atom. The number of carbonyl (C=O) groups is 2. The lowest BCUT2D eigenvalue weighted by atomic mass is 10.1. The maximum atomic E-state index is 12.4. The first kappa shape index (κ1) is 19.4. The highest BCUT2D eigenvalue weighted by atomic mass is 16.3. The van der Waals surface area contributed by atoms with E-state index in [1.165, 1.54) is 0 Å². The van der Waals surface area contributed by atoms with Crippen LogP contribution in [0.4, 0.5) is 5.69 Å². The van der Waals surface area contributed by atoms with Gasteiger partial charge in [-0.05, 0) is 42.8 Å². The van der Waals surface area contributed by atoms with Gasteiger partial charge in [0.05, 0.1) is 5.56 Å². The molecule has 0 saturated carbocycles. The van der Waals surface area contributed by atoms with Crippen LogP contribution in [-0.4, -0.2) is 16.8 Å². The van der Waals surface area contributed by atoms with Gasteiger partial charge in [0, 0.05) is 36.1 Å². The Morgan fingerprint density at radius 1 is 1.04 bits per heavy atom. The molecule has 0 spiro atoms. The van der Waals surface area contributed by atoms with Crippen molar-refractivity contribution in [2.45, 2.75) is 33.2 Å². The number of anilines is 1. The van der Waals surface area contributed by atoms with E-state index in [2.05, 4.69) is 15.6 Å². The highest BCUT2D eigenvalue weighted by Gasteiger charge is 2.16. The zero-order valence-corrected chi connectivity index (χ0v) is 16.2. The van der Waals surface area contributed by atoms with E-state index in [4.69, 9.17) is 4.42 Å². The molecular weight excluding hydrogens is 354 g/mol. The van der Waals surface area contributed by atoms with Crippen molar-refractivity contribution in [2.75, 3.05) is 5.32 Å². The summed E-state index contributed by atoms with van der Waals surface area (Å²) in [5.41, 5.74) is 2.68. The number of benzene rings is 1. The van der Waals surface area contributed by atoms with Crippen LogP contribution < -0.4 is 10.6 Å². The highest BCUT2D eigenvalue weighted by Crippen LogP contribution is 2.21. The summed E-state index contributed by atoms with van der Waals surface area (Å²) in [5.74, 6) is 1.27. The number of amides is 2. The molecule has 144 valence electrons. The average molecular weight is 377 g/mol. The van der Waals surface area contributed by atoms with Gasteiger partial charge in [-0.15, -0.1) is 0 Å². The second-order valence-corrected chi connectivity index (χ2v) is 6.84. The van der Waals surface area contributed by atoms with Gasteiger partial charge in [-0.25, -0.2) is 0 Å². The molecule has 0 aliphatic rings. The van der Waals surface area contributed by atoms with Gasteiger partial charge in [0.1, 0.15) is 11.5 Å². The minimum atomic E-state index is -0.197. The molecule has 0 atom stereocenters. The molecule has 1 aromatic carbocycles. The molecule has 2 amide bonds. The van der Waals surface area contributed by atoms with Crippen molar-refractivity contribution < 1.29 is 14.0 Å². The lowest BCUT2D eigenvalue weighted by Crippen LogP contribution is -2.23. The quantitative estimate of drug-likeness (QED) is 0.671. The standard InChI is InChI=1S/C22H23N3O3/c1-14(2)20-12-19(15(3)28-20)22(27)24-13-16-4-6-17(7-5-16)21(26)25-18-8-10-23-11-9-18/h4-12,14H,13H2,1-3H3,(H,24,27)(H,23,25,26). The van der Waals surface area contributed by atoms with E-state index in [-0.39, 0.29) is 17.7 Å². The number of furan rings is 1. The molecular formula is C22H23N3O3. The Bertz CT molecular complexity index is 960. The number of pyridine rings is 1. The number of carbonyl (C=O) groups excluding carboxylic acids is 2. The molecule has 6 nitrogen and oxygen atoms in total. The van der Waals surface area contributed by atoms with Gasteiger partial charge in [-0.3, -0.25) is 14.6 Å². The van der Waals surface area contributed by atoms with Gasteiger partial charge in [0.15, 0.2) is 0 Å². The van der Waals surface area contributed by atoms with Gasteiger partial charge >= 0.3 is 0 Å². The summed E-state index contributed by atoms with van der Waals surface area (Å²) in [6, 6.07) is 12.4. The zero-order chi connectivity index (χ0) is 20.1. The minimum absolute atomic E-state index is 0.173. The van der Waals surface area contributed by atoms with E-state index >= 15 is 0 Å². The third-order valence-corrected chi connectivity index (χ3v) is 4.36. The molecule has 0 radical (unpaired) electrons. The summed E-state index contributed by atoms with van der Waals surface area (Å²) in [6.07, 6.45) is 3.24. The Kier molecular flexibility index (Phi) is 5.89. The fourth-order valence-electron chi connectivity index (χ4n) is 2.71. The second-order valence-electron chi connectivity index (χ2n) is 6.84. The van der Waals surface area contributed by atoms with Crippen LogP contribution in [0.3, 0.4) is 0 Å². The SMILES string of the molecule is Cc1oc(C(C)C)cc1C(=O)NCc1ccc(C(=O)Nc2ccncc2)cc1. The number of aryl methyl sites for hydroxylation is 1. The van der Waals surface area contributed by atoms with E-state index in [0.717, 1.165) is 11.3 Å². The number of nitrogens with zero attached hydrogens (tertiary/aromatic N) is 1. The largest absolute Gasteiger partial charge is 0.465 e. The third-order valence-electron chi connectivity index (χ3n) is 4.36. The molecule has 0 aliphatic heterocycles. The van der Waals surface area contributed by atoms with Crippen LogP contribution in [0.15, 0.2) is 59.3 Å². The van der Waals surface area contributed by atoms with Crippen LogP contribution in [-0.2, 0) is 6.54 Å². The molecule has 3 aromatic rings. The third kappa shape index (κ3) is 4.65. The minimum Gasteiger partial charge on any atom is -0.465 e.